The highest BCUT2D eigenvalue weighted by Gasteiger charge is 2.22. The van der Waals surface area contributed by atoms with Crippen molar-refractivity contribution < 1.29 is 23.4 Å². The van der Waals surface area contributed by atoms with Crippen molar-refractivity contribution in [1.29, 1.82) is 0 Å². The molecular formula is C19H15Cl2FO4. The van der Waals surface area contributed by atoms with Gasteiger partial charge in [0, 0.05) is 10.0 Å². The van der Waals surface area contributed by atoms with E-state index in [0.29, 0.717) is 10.0 Å². The Bertz CT molecular complexity index is 860. The van der Waals surface area contributed by atoms with E-state index in [-0.39, 0.29) is 31.3 Å². The molecule has 0 unspecified atom stereocenters. The number of benzene rings is 2. The molecule has 0 fully saturated rings. The largest absolute Gasteiger partial charge is 0.482 e. The monoisotopic (exact) mass is 396 g/mol. The van der Waals surface area contributed by atoms with E-state index in [1.54, 1.807) is 36.4 Å². The van der Waals surface area contributed by atoms with Crippen molar-refractivity contribution in [2.75, 3.05) is 0 Å². The summed E-state index contributed by atoms with van der Waals surface area (Å²) in [5.41, 5.74) is 1.69. The molecule has 26 heavy (non-hydrogen) atoms. The van der Waals surface area contributed by atoms with E-state index in [4.69, 9.17) is 37.1 Å². The lowest BCUT2D eigenvalue weighted by Crippen LogP contribution is -2.00. The molecule has 3 aromatic rings. The molecular weight excluding hydrogens is 382 g/mol. The first-order valence-corrected chi connectivity index (χ1v) is 8.48. The zero-order valence-corrected chi connectivity index (χ0v) is 15.1. The van der Waals surface area contributed by atoms with Crippen LogP contribution in [0.3, 0.4) is 0 Å². The summed E-state index contributed by atoms with van der Waals surface area (Å²) in [4.78, 5) is 0. The maximum absolute atomic E-state index is 14.0. The molecule has 0 saturated heterocycles. The highest BCUT2D eigenvalue weighted by molar-refractivity contribution is 6.30. The van der Waals surface area contributed by atoms with E-state index >= 15 is 0 Å². The van der Waals surface area contributed by atoms with Crippen LogP contribution in [0.25, 0.3) is 0 Å². The predicted octanol–water partition coefficient (Wildman–Crippen LogP) is 5.73. The Labute approximate surface area is 159 Å². The Morgan fingerprint density at radius 1 is 0.846 bits per heavy atom. The highest BCUT2D eigenvalue weighted by atomic mass is 35.5. The van der Waals surface area contributed by atoms with Gasteiger partial charge in [0.05, 0.1) is 6.61 Å². The van der Waals surface area contributed by atoms with Crippen LogP contribution < -0.4 is 4.74 Å². The minimum atomic E-state index is -0.955. The molecule has 1 N–H and O–H groups in total. The molecule has 0 atom stereocenters. The summed E-state index contributed by atoms with van der Waals surface area (Å²) in [5.74, 6) is -1.89. The Balaban J connectivity index is 1.62. The number of hydrogen-bond acceptors (Lipinski definition) is 4. The molecule has 136 valence electrons. The fourth-order valence-corrected chi connectivity index (χ4v) is 2.50. The third-order valence-electron chi connectivity index (χ3n) is 3.57. The molecule has 4 nitrogen and oxygen atoms in total. The van der Waals surface area contributed by atoms with Crippen molar-refractivity contribution in [2.24, 2.45) is 0 Å². The summed E-state index contributed by atoms with van der Waals surface area (Å²) in [5, 5.41) is 10.7. The van der Waals surface area contributed by atoms with E-state index in [2.05, 4.69) is 0 Å². The quantitative estimate of drug-likeness (QED) is 0.554. The molecule has 0 aliphatic carbocycles. The van der Waals surface area contributed by atoms with Crippen LogP contribution in [-0.2, 0) is 24.6 Å². The molecule has 0 saturated carbocycles. The molecule has 1 aromatic heterocycles. The van der Waals surface area contributed by atoms with Crippen LogP contribution in [0.15, 0.2) is 52.9 Å². The number of rotatable bonds is 7. The molecule has 0 aliphatic heterocycles. The summed E-state index contributed by atoms with van der Waals surface area (Å²) in [6, 6.07) is 14.1. The molecule has 0 radical (unpaired) electrons. The molecule has 0 bridgehead atoms. The van der Waals surface area contributed by atoms with Crippen molar-refractivity contribution in [3.05, 3.63) is 81.3 Å². The van der Waals surface area contributed by atoms with Crippen molar-refractivity contribution in [1.82, 2.24) is 0 Å². The second-order valence-electron chi connectivity index (χ2n) is 5.51. The molecule has 3 rings (SSSR count). The predicted molar refractivity (Wildman–Crippen MR) is 96.1 cm³/mol. The standard InChI is InChI=1S/C19H15Cl2FO4/c20-14-5-1-12(2-6-14)9-24-11-16-18(17(22)19(23)26-16)25-10-13-3-7-15(21)8-4-13/h1-8,23H,9-11H2. The van der Waals surface area contributed by atoms with Gasteiger partial charge >= 0.3 is 5.95 Å². The molecule has 1 heterocycles. The number of halogens is 3. The summed E-state index contributed by atoms with van der Waals surface area (Å²) in [6.45, 7) is 0.310. The average molecular weight is 397 g/mol. The molecule has 2 aromatic carbocycles. The average Bonchev–Trinajstić information content (AvgIpc) is 2.90. The van der Waals surface area contributed by atoms with Crippen molar-refractivity contribution >= 4 is 23.2 Å². The van der Waals surface area contributed by atoms with Gasteiger partial charge in [-0.25, -0.2) is 0 Å². The minimum absolute atomic E-state index is 0.0595. The number of hydrogen-bond donors (Lipinski definition) is 1. The Kier molecular flexibility index (Phi) is 6.04. The molecule has 7 heteroatoms. The topological polar surface area (TPSA) is 51.8 Å². The Hall–Kier alpha value is -2.21. The number of furan rings is 1. The highest BCUT2D eigenvalue weighted by Crippen LogP contribution is 2.34. The van der Waals surface area contributed by atoms with Crippen molar-refractivity contribution in [2.45, 2.75) is 19.8 Å². The van der Waals surface area contributed by atoms with Crippen molar-refractivity contribution in [3.63, 3.8) is 0 Å². The smallest absolute Gasteiger partial charge is 0.323 e. The van der Waals surface area contributed by atoms with E-state index < -0.39 is 11.8 Å². The van der Waals surface area contributed by atoms with E-state index in [0.717, 1.165) is 11.1 Å². The van der Waals surface area contributed by atoms with Gasteiger partial charge in [-0.2, -0.15) is 4.39 Å². The molecule has 0 amide bonds. The van der Waals surface area contributed by atoms with Gasteiger partial charge in [-0.15, -0.1) is 0 Å². The second-order valence-corrected chi connectivity index (χ2v) is 6.38. The fraction of sp³-hybridized carbons (Fsp3) is 0.158. The summed E-state index contributed by atoms with van der Waals surface area (Å²) in [6.07, 6.45) is 0. The zero-order valence-electron chi connectivity index (χ0n) is 13.5. The summed E-state index contributed by atoms with van der Waals surface area (Å²) in [7, 11) is 0. The van der Waals surface area contributed by atoms with E-state index in [1.807, 2.05) is 12.1 Å². The maximum Gasteiger partial charge on any atom is 0.323 e. The Morgan fingerprint density at radius 2 is 1.38 bits per heavy atom. The lowest BCUT2D eigenvalue weighted by Gasteiger charge is -2.07. The van der Waals surface area contributed by atoms with Gasteiger partial charge in [-0.05, 0) is 35.4 Å². The van der Waals surface area contributed by atoms with Gasteiger partial charge < -0.3 is 19.0 Å². The van der Waals surface area contributed by atoms with Crippen LogP contribution in [0.2, 0.25) is 10.0 Å². The normalized spacial score (nSPS) is 10.9. The molecule has 0 spiro atoms. The van der Waals surface area contributed by atoms with E-state index in [9.17, 15) is 9.50 Å². The number of ether oxygens (including phenoxy) is 2. The minimum Gasteiger partial charge on any atom is -0.482 e. The third kappa shape index (κ3) is 4.69. The number of aromatic hydroxyl groups is 1. The first-order valence-electron chi connectivity index (χ1n) is 7.72. The Morgan fingerprint density at radius 3 is 1.96 bits per heavy atom. The lowest BCUT2D eigenvalue weighted by atomic mass is 10.2. The summed E-state index contributed by atoms with van der Waals surface area (Å²) >= 11 is 11.7. The molecule has 0 aliphatic rings. The van der Waals surface area contributed by atoms with Gasteiger partial charge in [-0.1, -0.05) is 47.5 Å². The van der Waals surface area contributed by atoms with Crippen LogP contribution in [-0.4, -0.2) is 5.11 Å². The van der Waals surface area contributed by atoms with Crippen LogP contribution in [0.5, 0.6) is 11.7 Å². The van der Waals surface area contributed by atoms with Crippen LogP contribution in [0, 0.1) is 5.82 Å². The SMILES string of the molecule is Oc1oc(COCc2ccc(Cl)cc2)c(OCc2ccc(Cl)cc2)c1F. The van der Waals surface area contributed by atoms with Gasteiger partial charge in [0.25, 0.3) is 0 Å². The third-order valence-corrected chi connectivity index (χ3v) is 4.08. The first kappa shape index (κ1) is 18.6. The lowest BCUT2D eigenvalue weighted by molar-refractivity contribution is 0.0870. The van der Waals surface area contributed by atoms with Gasteiger partial charge in [0.1, 0.15) is 13.2 Å². The van der Waals surface area contributed by atoms with Gasteiger partial charge in [-0.3, -0.25) is 0 Å². The van der Waals surface area contributed by atoms with Gasteiger partial charge in [0.15, 0.2) is 5.76 Å². The first-order chi connectivity index (χ1) is 12.5. The fourth-order valence-electron chi connectivity index (χ4n) is 2.24. The summed E-state index contributed by atoms with van der Waals surface area (Å²) < 4.78 is 30.0. The van der Waals surface area contributed by atoms with Crippen LogP contribution in [0.1, 0.15) is 16.9 Å². The van der Waals surface area contributed by atoms with Crippen LogP contribution >= 0.6 is 23.2 Å². The second kappa shape index (κ2) is 8.45. The zero-order chi connectivity index (χ0) is 18.5. The maximum atomic E-state index is 14.0. The van der Waals surface area contributed by atoms with Crippen molar-refractivity contribution in [3.8, 4) is 11.7 Å². The van der Waals surface area contributed by atoms with Crippen LogP contribution in [0.4, 0.5) is 4.39 Å². The van der Waals surface area contributed by atoms with Gasteiger partial charge in [0.2, 0.25) is 11.6 Å². The van der Waals surface area contributed by atoms with E-state index in [1.165, 1.54) is 0 Å².